The van der Waals surface area contributed by atoms with Gasteiger partial charge in [-0.1, -0.05) is 0 Å². The fraction of sp³-hybridized carbons (Fsp3) is 0.500. The molecule has 4 N–H and O–H groups in total. The lowest BCUT2D eigenvalue weighted by molar-refractivity contribution is 0.630. The van der Waals surface area contributed by atoms with E-state index in [1.807, 2.05) is 0 Å². The molecule has 0 spiro atoms. The number of aromatic nitrogens is 2. The van der Waals surface area contributed by atoms with Crippen molar-refractivity contribution in [2.75, 3.05) is 10.7 Å². The van der Waals surface area contributed by atoms with Crippen molar-refractivity contribution in [3.05, 3.63) is 12.4 Å². The minimum atomic E-state index is -0.0259. The van der Waals surface area contributed by atoms with Crippen LogP contribution in [0.1, 0.15) is 20.8 Å². The van der Waals surface area contributed by atoms with Crippen molar-refractivity contribution < 1.29 is 0 Å². The molecule has 0 amide bonds. The fourth-order valence-corrected chi connectivity index (χ4v) is 0.880. The van der Waals surface area contributed by atoms with E-state index in [0.717, 1.165) is 0 Å². The van der Waals surface area contributed by atoms with E-state index >= 15 is 0 Å². The first-order chi connectivity index (χ1) is 6.01. The van der Waals surface area contributed by atoms with E-state index in [0.29, 0.717) is 11.6 Å². The number of nitrogen functional groups attached to an aromatic ring is 1. The van der Waals surface area contributed by atoms with Gasteiger partial charge in [-0.2, -0.15) is 0 Å². The molecule has 0 bridgehead atoms. The lowest BCUT2D eigenvalue weighted by Crippen LogP contribution is -2.27. The molecule has 1 rings (SSSR count). The predicted molar refractivity (Wildman–Crippen MR) is 53.2 cm³/mol. The first-order valence-corrected chi connectivity index (χ1v) is 4.08. The average Bonchev–Trinajstić information content (AvgIpc) is 2.01. The summed E-state index contributed by atoms with van der Waals surface area (Å²) in [5.74, 6) is 6.46. The van der Waals surface area contributed by atoms with Gasteiger partial charge in [0.1, 0.15) is 5.82 Å². The smallest absolute Gasteiger partial charge is 0.160 e. The molecular weight excluding hydrogens is 166 g/mol. The summed E-state index contributed by atoms with van der Waals surface area (Å²) in [4.78, 5) is 8.14. The molecule has 0 aliphatic heterocycles. The average molecular weight is 181 g/mol. The van der Waals surface area contributed by atoms with E-state index in [4.69, 9.17) is 5.84 Å². The van der Waals surface area contributed by atoms with Crippen molar-refractivity contribution in [1.29, 1.82) is 0 Å². The van der Waals surface area contributed by atoms with Gasteiger partial charge in [-0.25, -0.2) is 10.8 Å². The lowest BCUT2D eigenvalue weighted by Gasteiger charge is -2.20. The van der Waals surface area contributed by atoms with Crippen molar-refractivity contribution in [2.45, 2.75) is 26.3 Å². The van der Waals surface area contributed by atoms with Crippen LogP contribution >= 0.6 is 0 Å². The van der Waals surface area contributed by atoms with Gasteiger partial charge in [0.25, 0.3) is 0 Å². The fourth-order valence-electron chi connectivity index (χ4n) is 0.880. The number of hydrogen-bond donors (Lipinski definition) is 3. The molecule has 72 valence electrons. The van der Waals surface area contributed by atoms with Gasteiger partial charge in [0, 0.05) is 5.54 Å². The van der Waals surface area contributed by atoms with Crippen molar-refractivity contribution in [2.24, 2.45) is 5.84 Å². The van der Waals surface area contributed by atoms with Gasteiger partial charge in [-0.15, -0.1) is 0 Å². The number of nitrogens with two attached hydrogens (primary N) is 1. The molecule has 0 aromatic carbocycles. The monoisotopic (exact) mass is 181 g/mol. The van der Waals surface area contributed by atoms with Crippen LogP contribution in [-0.4, -0.2) is 15.5 Å². The van der Waals surface area contributed by atoms with Gasteiger partial charge in [-0.3, -0.25) is 4.98 Å². The molecule has 5 nitrogen and oxygen atoms in total. The standard InChI is InChI=1S/C8H15N5/c1-8(2,3)12-6-4-10-5-7(11-6)13-9/h4-5H,9H2,1-3H3,(H2,11,12,13). The Bertz CT molecular complexity index is 278. The van der Waals surface area contributed by atoms with Gasteiger partial charge in [-0.05, 0) is 20.8 Å². The van der Waals surface area contributed by atoms with E-state index in [2.05, 4.69) is 41.5 Å². The predicted octanol–water partition coefficient (Wildman–Crippen LogP) is 0.973. The molecule has 1 aromatic heterocycles. The summed E-state index contributed by atoms with van der Waals surface area (Å²) in [6, 6.07) is 0. The van der Waals surface area contributed by atoms with Gasteiger partial charge in [0.15, 0.2) is 5.82 Å². The largest absolute Gasteiger partial charge is 0.364 e. The zero-order valence-electron chi connectivity index (χ0n) is 8.13. The van der Waals surface area contributed by atoms with Gasteiger partial charge in [0.05, 0.1) is 12.4 Å². The van der Waals surface area contributed by atoms with Crippen LogP contribution in [0.4, 0.5) is 11.6 Å². The molecule has 0 radical (unpaired) electrons. The van der Waals surface area contributed by atoms with Crippen molar-refractivity contribution in [3.8, 4) is 0 Å². The molecule has 0 aliphatic carbocycles. The van der Waals surface area contributed by atoms with Gasteiger partial charge >= 0.3 is 0 Å². The van der Waals surface area contributed by atoms with Crippen LogP contribution in [0.25, 0.3) is 0 Å². The normalized spacial score (nSPS) is 11.1. The number of anilines is 2. The third kappa shape index (κ3) is 3.25. The second kappa shape index (κ2) is 3.57. The highest BCUT2D eigenvalue weighted by molar-refractivity contribution is 5.41. The number of nitrogens with one attached hydrogen (secondary N) is 2. The summed E-state index contributed by atoms with van der Waals surface area (Å²) in [6.07, 6.45) is 3.22. The van der Waals surface area contributed by atoms with Crippen LogP contribution in [0.5, 0.6) is 0 Å². The van der Waals surface area contributed by atoms with Crippen LogP contribution < -0.4 is 16.6 Å². The first-order valence-electron chi connectivity index (χ1n) is 4.08. The number of hydrogen-bond acceptors (Lipinski definition) is 5. The summed E-state index contributed by atoms with van der Waals surface area (Å²) >= 11 is 0. The quantitative estimate of drug-likeness (QED) is 0.468. The Hall–Kier alpha value is -1.36. The maximum atomic E-state index is 5.20. The molecular formula is C8H15N5. The number of nitrogens with zero attached hydrogens (tertiary/aromatic N) is 2. The highest BCUT2D eigenvalue weighted by Crippen LogP contribution is 2.11. The third-order valence-electron chi connectivity index (χ3n) is 1.29. The second-order valence-corrected chi connectivity index (χ2v) is 3.81. The Kier molecular flexibility index (Phi) is 2.67. The summed E-state index contributed by atoms with van der Waals surface area (Å²) in [6.45, 7) is 6.16. The van der Waals surface area contributed by atoms with Crippen LogP contribution in [0, 0.1) is 0 Å². The Labute approximate surface area is 77.7 Å². The first kappa shape index (κ1) is 9.73. The van der Waals surface area contributed by atoms with E-state index < -0.39 is 0 Å². The SMILES string of the molecule is CC(C)(C)Nc1cncc(NN)n1. The Morgan fingerprint density at radius 1 is 1.23 bits per heavy atom. The topological polar surface area (TPSA) is 75.9 Å². The lowest BCUT2D eigenvalue weighted by atomic mass is 10.1. The maximum Gasteiger partial charge on any atom is 0.160 e. The molecule has 1 aromatic rings. The van der Waals surface area contributed by atoms with Crippen LogP contribution in [-0.2, 0) is 0 Å². The summed E-state index contributed by atoms with van der Waals surface area (Å²) in [7, 11) is 0. The van der Waals surface area contributed by atoms with Crippen LogP contribution in [0.2, 0.25) is 0 Å². The summed E-state index contributed by atoms with van der Waals surface area (Å²) < 4.78 is 0. The van der Waals surface area contributed by atoms with Crippen LogP contribution in [0.3, 0.4) is 0 Å². The molecule has 0 aliphatic rings. The van der Waals surface area contributed by atoms with Crippen LogP contribution in [0.15, 0.2) is 12.4 Å². The van der Waals surface area contributed by atoms with E-state index in [1.165, 1.54) is 0 Å². The second-order valence-electron chi connectivity index (χ2n) is 3.81. The van der Waals surface area contributed by atoms with Crippen molar-refractivity contribution >= 4 is 11.6 Å². The Balaban J connectivity index is 2.78. The maximum absolute atomic E-state index is 5.20. The molecule has 0 fully saturated rings. The minimum absolute atomic E-state index is 0.0259. The zero-order chi connectivity index (χ0) is 9.90. The molecule has 0 saturated heterocycles. The Morgan fingerprint density at radius 2 is 1.85 bits per heavy atom. The van der Waals surface area contributed by atoms with E-state index in [9.17, 15) is 0 Å². The van der Waals surface area contributed by atoms with E-state index in [-0.39, 0.29) is 5.54 Å². The molecule has 5 heteroatoms. The number of rotatable bonds is 2. The Morgan fingerprint density at radius 3 is 2.38 bits per heavy atom. The van der Waals surface area contributed by atoms with E-state index in [1.54, 1.807) is 12.4 Å². The molecule has 0 atom stereocenters. The molecule has 13 heavy (non-hydrogen) atoms. The van der Waals surface area contributed by atoms with Gasteiger partial charge < -0.3 is 10.7 Å². The number of hydrazine groups is 1. The molecule has 0 saturated carbocycles. The van der Waals surface area contributed by atoms with Gasteiger partial charge in [0.2, 0.25) is 0 Å². The summed E-state index contributed by atoms with van der Waals surface area (Å²) in [5, 5.41) is 3.19. The minimum Gasteiger partial charge on any atom is -0.364 e. The van der Waals surface area contributed by atoms with Crippen molar-refractivity contribution in [1.82, 2.24) is 9.97 Å². The molecule has 1 heterocycles. The molecule has 0 unspecified atom stereocenters. The summed E-state index contributed by atoms with van der Waals surface area (Å²) in [5.41, 5.74) is 2.41. The van der Waals surface area contributed by atoms with Crippen molar-refractivity contribution in [3.63, 3.8) is 0 Å². The zero-order valence-corrected chi connectivity index (χ0v) is 8.13. The highest BCUT2D eigenvalue weighted by Gasteiger charge is 2.10. The third-order valence-corrected chi connectivity index (χ3v) is 1.29. The highest BCUT2D eigenvalue weighted by atomic mass is 15.3.